The molecule has 204 valence electrons. The van der Waals surface area contributed by atoms with E-state index in [1.165, 1.54) is 114 Å². The van der Waals surface area contributed by atoms with E-state index in [4.69, 9.17) is 0 Å². The van der Waals surface area contributed by atoms with E-state index in [1.807, 2.05) is 12.4 Å². The van der Waals surface area contributed by atoms with E-state index < -0.39 is 0 Å². The second-order valence-electron chi connectivity index (χ2n) is 11.6. The van der Waals surface area contributed by atoms with Crippen molar-refractivity contribution in [2.24, 2.45) is 11.8 Å². The van der Waals surface area contributed by atoms with Crippen LogP contribution in [0.2, 0.25) is 0 Å². The number of aromatic nitrogens is 2. The fourth-order valence-electron chi connectivity index (χ4n) is 5.81. The van der Waals surface area contributed by atoms with Crippen LogP contribution in [0.15, 0.2) is 48.8 Å². The Hall–Kier alpha value is -1.96. The van der Waals surface area contributed by atoms with Gasteiger partial charge in [-0.3, -0.25) is 0 Å². The SMILES string of the molecule is CCCCCCCCCCc1cnc(-c2ccc(CCC=C[C@H]3CC[C@H](CCCCC)CC3)cc2)nc1. The van der Waals surface area contributed by atoms with Gasteiger partial charge in [-0.2, -0.15) is 0 Å². The van der Waals surface area contributed by atoms with E-state index in [0.29, 0.717) is 0 Å². The van der Waals surface area contributed by atoms with E-state index in [0.717, 1.165) is 42.5 Å². The Morgan fingerprint density at radius 3 is 1.97 bits per heavy atom. The Morgan fingerprint density at radius 1 is 0.676 bits per heavy atom. The average molecular weight is 503 g/mol. The van der Waals surface area contributed by atoms with Gasteiger partial charge in [0.25, 0.3) is 0 Å². The van der Waals surface area contributed by atoms with E-state index >= 15 is 0 Å². The maximum atomic E-state index is 4.66. The number of rotatable bonds is 18. The van der Waals surface area contributed by atoms with Crippen molar-refractivity contribution >= 4 is 0 Å². The van der Waals surface area contributed by atoms with Crippen LogP contribution in [0.25, 0.3) is 11.4 Å². The third kappa shape index (κ3) is 12.0. The van der Waals surface area contributed by atoms with Crippen molar-refractivity contribution in [3.8, 4) is 11.4 Å². The van der Waals surface area contributed by atoms with Gasteiger partial charge in [0.15, 0.2) is 5.82 Å². The third-order valence-corrected chi connectivity index (χ3v) is 8.35. The standard InChI is InChI=1S/C35H54N2/c1-3-5-7-8-9-10-11-13-19-33-28-36-35(37-29-33)34-26-24-32(25-27-34)18-15-14-17-31-22-20-30(21-23-31)16-12-6-4-2/h14,17,24-31H,3-13,15-16,18-23H2,1-2H3/t30-,31-. The molecule has 2 heteroatoms. The second kappa shape index (κ2) is 18.3. The highest BCUT2D eigenvalue weighted by molar-refractivity contribution is 5.55. The summed E-state index contributed by atoms with van der Waals surface area (Å²) in [5, 5.41) is 0. The van der Waals surface area contributed by atoms with Crippen LogP contribution < -0.4 is 0 Å². The van der Waals surface area contributed by atoms with Crippen LogP contribution in [0.1, 0.15) is 134 Å². The Labute approximate surface area is 228 Å². The monoisotopic (exact) mass is 502 g/mol. The van der Waals surface area contributed by atoms with Crippen molar-refractivity contribution in [1.82, 2.24) is 9.97 Å². The number of hydrogen-bond donors (Lipinski definition) is 0. The Balaban J connectivity index is 1.30. The lowest BCUT2D eigenvalue weighted by Crippen LogP contribution is -2.13. The lowest BCUT2D eigenvalue weighted by molar-refractivity contribution is 0.289. The van der Waals surface area contributed by atoms with Gasteiger partial charge in [0, 0.05) is 18.0 Å². The summed E-state index contributed by atoms with van der Waals surface area (Å²) in [6.07, 6.45) is 34.6. The second-order valence-corrected chi connectivity index (χ2v) is 11.6. The predicted molar refractivity (Wildman–Crippen MR) is 161 cm³/mol. The third-order valence-electron chi connectivity index (χ3n) is 8.35. The zero-order chi connectivity index (χ0) is 26.0. The number of allylic oxidation sites excluding steroid dienone is 2. The van der Waals surface area contributed by atoms with Crippen LogP contribution in [0.3, 0.4) is 0 Å². The highest BCUT2D eigenvalue weighted by atomic mass is 14.9. The topological polar surface area (TPSA) is 25.8 Å². The molecule has 0 bridgehead atoms. The van der Waals surface area contributed by atoms with Crippen molar-refractivity contribution in [3.63, 3.8) is 0 Å². The van der Waals surface area contributed by atoms with Gasteiger partial charge in [-0.15, -0.1) is 0 Å². The molecule has 3 rings (SSSR count). The summed E-state index contributed by atoms with van der Waals surface area (Å²) in [6, 6.07) is 8.88. The first-order chi connectivity index (χ1) is 18.3. The zero-order valence-electron chi connectivity index (χ0n) is 24.1. The van der Waals surface area contributed by atoms with Gasteiger partial charge in [-0.05, 0) is 74.3 Å². The summed E-state index contributed by atoms with van der Waals surface area (Å²) < 4.78 is 0. The first-order valence-corrected chi connectivity index (χ1v) is 15.8. The molecule has 0 amide bonds. The fraction of sp³-hybridized carbons (Fsp3) is 0.657. The molecule has 0 atom stereocenters. The van der Waals surface area contributed by atoms with Crippen LogP contribution in [-0.2, 0) is 12.8 Å². The summed E-state index contributed by atoms with van der Waals surface area (Å²) in [6.45, 7) is 4.59. The summed E-state index contributed by atoms with van der Waals surface area (Å²) in [7, 11) is 0. The van der Waals surface area contributed by atoms with Gasteiger partial charge < -0.3 is 0 Å². The van der Waals surface area contributed by atoms with Crippen molar-refractivity contribution in [2.75, 3.05) is 0 Å². The molecule has 2 nitrogen and oxygen atoms in total. The average Bonchev–Trinajstić information content (AvgIpc) is 2.94. The molecule has 37 heavy (non-hydrogen) atoms. The number of aryl methyl sites for hydroxylation is 2. The van der Waals surface area contributed by atoms with E-state index in [1.54, 1.807) is 0 Å². The molecule has 1 aromatic carbocycles. The molecule has 0 radical (unpaired) electrons. The molecule has 1 saturated carbocycles. The van der Waals surface area contributed by atoms with Gasteiger partial charge in [0.1, 0.15) is 0 Å². The molecule has 1 aromatic heterocycles. The maximum Gasteiger partial charge on any atom is 0.159 e. The molecule has 0 spiro atoms. The molecular weight excluding hydrogens is 448 g/mol. The summed E-state index contributed by atoms with van der Waals surface area (Å²) in [4.78, 5) is 9.32. The van der Waals surface area contributed by atoms with Gasteiger partial charge in [0.05, 0.1) is 0 Å². The molecule has 0 unspecified atom stereocenters. The number of hydrogen-bond acceptors (Lipinski definition) is 2. The molecule has 0 aliphatic heterocycles. The van der Waals surface area contributed by atoms with Crippen LogP contribution in [0, 0.1) is 11.8 Å². The van der Waals surface area contributed by atoms with Gasteiger partial charge >= 0.3 is 0 Å². The molecule has 1 fully saturated rings. The Kier molecular flexibility index (Phi) is 14.7. The fourth-order valence-corrected chi connectivity index (χ4v) is 5.81. The molecule has 1 aliphatic rings. The maximum absolute atomic E-state index is 4.66. The molecule has 2 aromatic rings. The van der Waals surface area contributed by atoms with Crippen LogP contribution in [0.4, 0.5) is 0 Å². The van der Waals surface area contributed by atoms with Crippen molar-refractivity contribution in [2.45, 2.75) is 136 Å². The minimum atomic E-state index is 0.820. The number of nitrogens with zero attached hydrogens (tertiary/aromatic N) is 2. The molecule has 1 heterocycles. The molecule has 1 aliphatic carbocycles. The van der Waals surface area contributed by atoms with E-state index in [2.05, 4.69) is 60.2 Å². The molecule has 0 N–H and O–H groups in total. The molecular formula is C35H54N2. The Bertz CT molecular complexity index is 844. The lowest BCUT2D eigenvalue weighted by Gasteiger charge is -2.26. The normalized spacial score (nSPS) is 18.0. The van der Waals surface area contributed by atoms with Gasteiger partial charge in [0.2, 0.25) is 0 Å². The molecule has 0 saturated heterocycles. The largest absolute Gasteiger partial charge is 0.236 e. The predicted octanol–water partition coefficient (Wildman–Crippen LogP) is 10.7. The number of unbranched alkanes of at least 4 members (excludes halogenated alkanes) is 9. The van der Waals surface area contributed by atoms with Crippen LogP contribution >= 0.6 is 0 Å². The van der Waals surface area contributed by atoms with Crippen molar-refractivity contribution < 1.29 is 0 Å². The lowest BCUT2D eigenvalue weighted by atomic mass is 9.79. The first-order valence-electron chi connectivity index (χ1n) is 15.8. The quantitative estimate of drug-likeness (QED) is 0.150. The number of benzene rings is 1. The minimum absolute atomic E-state index is 0.820. The minimum Gasteiger partial charge on any atom is -0.236 e. The highest BCUT2D eigenvalue weighted by Crippen LogP contribution is 2.32. The highest BCUT2D eigenvalue weighted by Gasteiger charge is 2.18. The van der Waals surface area contributed by atoms with Crippen LogP contribution in [0.5, 0.6) is 0 Å². The van der Waals surface area contributed by atoms with Crippen molar-refractivity contribution in [1.29, 1.82) is 0 Å². The zero-order valence-corrected chi connectivity index (χ0v) is 24.1. The van der Waals surface area contributed by atoms with E-state index in [-0.39, 0.29) is 0 Å². The van der Waals surface area contributed by atoms with Gasteiger partial charge in [-0.1, -0.05) is 121 Å². The first kappa shape index (κ1) is 29.6. The van der Waals surface area contributed by atoms with Gasteiger partial charge in [-0.25, -0.2) is 9.97 Å². The van der Waals surface area contributed by atoms with E-state index in [9.17, 15) is 0 Å². The smallest absolute Gasteiger partial charge is 0.159 e. The summed E-state index contributed by atoms with van der Waals surface area (Å²) >= 11 is 0. The summed E-state index contributed by atoms with van der Waals surface area (Å²) in [5.41, 5.74) is 3.79. The van der Waals surface area contributed by atoms with Crippen LogP contribution in [-0.4, -0.2) is 9.97 Å². The van der Waals surface area contributed by atoms with Crippen molar-refractivity contribution in [3.05, 3.63) is 59.9 Å². The summed E-state index contributed by atoms with van der Waals surface area (Å²) in [5.74, 6) is 2.67. The Morgan fingerprint density at radius 2 is 1.30 bits per heavy atom.